The monoisotopic (exact) mass is 257 g/mol. The molecule has 1 N–H and O–H groups in total. The highest BCUT2D eigenvalue weighted by atomic mass is 16.5. The van der Waals surface area contributed by atoms with Crippen molar-refractivity contribution in [1.82, 2.24) is 14.9 Å². The first kappa shape index (κ1) is 12.2. The Bertz CT molecular complexity index is 564. The van der Waals surface area contributed by atoms with E-state index in [2.05, 4.69) is 29.4 Å². The Kier molecular flexibility index (Phi) is 3.25. The maximum atomic E-state index is 6.13. The van der Waals surface area contributed by atoms with Gasteiger partial charge in [-0.3, -0.25) is 0 Å². The van der Waals surface area contributed by atoms with Crippen LogP contribution in [0.15, 0.2) is 36.8 Å². The minimum atomic E-state index is 0.0615. The van der Waals surface area contributed by atoms with Gasteiger partial charge in [-0.15, -0.1) is 0 Å². The van der Waals surface area contributed by atoms with Crippen LogP contribution < -0.4 is 10.1 Å². The van der Waals surface area contributed by atoms with Crippen LogP contribution in [0, 0.1) is 0 Å². The standard InChI is InChI=1S/C15H19N3O/c1-3-17-12-8-15(13-9-16-10-18(13)2)19-14-7-5-4-6-11(12)14/h4-7,9-10,12,15,17H,3,8H2,1-2H3. The number of ether oxygens (including phenoxy) is 1. The van der Waals surface area contributed by atoms with Crippen LogP contribution in [0.25, 0.3) is 0 Å². The Labute approximate surface area is 113 Å². The molecule has 0 amide bonds. The minimum Gasteiger partial charge on any atom is -0.484 e. The first-order valence-corrected chi connectivity index (χ1v) is 6.74. The SMILES string of the molecule is CCNC1CC(c2cncn2C)Oc2ccccc21. The lowest BCUT2D eigenvalue weighted by Gasteiger charge is -2.32. The summed E-state index contributed by atoms with van der Waals surface area (Å²) in [7, 11) is 2.01. The molecule has 4 heteroatoms. The second-order valence-electron chi connectivity index (χ2n) is 4.92. The summed E-state index contributed by atoms with van der Waals surface area (Å²) in [6.45, 7) is 3.09. The number of aryl methyl sites for hydroxylation is 1. The number of aromatic nitrogens is 2. The van der Waals surface area contributed by atoms with Gasteiger partial charge in [0.1, 0.15) is 11.9 Å². The molecule has 19 heavy (non-hydrogen) atoms. The van der Waals surface area contributed by atoms with Gasteiger partial charge in [-0.1, -0.05) is 25.1 Å². The van der Waals surface area contributed by atoms with Crippen LogP contribution in [-0.2, 0) is 7.05 Å². The molecule has 2 aromatic rings. The second kappa shape index (κ2) is 5.05. The van der Waals surface area contributed by atoms with E-state index < -0.39 is 0 Å². The van der Waals surface area contributed by atoms with E-state index in [0.29, 0.717) is 6.04 Å². The van der Waals surface area contributed by atoms with Gasteiger partial charge in [0.15, 0.2) is 0 Å². The Morgan fingerprint density at radius 2 is 2.26 bits per heavy atom. The van der Waals surface area contributed by atoms with Crippen molar-refractivity contribution < 1.29 is 4.74 Å². The molecule has 2 heterocycles. The smallest absolute Gasteiger partial charge is 0.142 e. The van der Waals surface area contributed by atoms with Crippen molar-refractivity contribution >= 4 is 0 Å². The first-order chi connectivity index (χ1) is 9.29. The molecule has 0 radical (unpaired) electrons. The number of nitrogens with zero attached hydrogens (tertiary/aromatic N) is 2. The predicted molar refractivity (Wildman–Crippen MR) is 74.1 cm³/mol. The summed E-state index contributed by atoms with van der Waals surface area (Å²) in [5, 5.41) is 3.54. The molecular formula is C15H19N3O. The largest absolute Gasteiger partial charge is 0.484 e. The minimum absolute atomic E-state index is 0.0615. The highest BCUT2D eigenvalue weighted by Crippen LogP contribution is 2.40. The third kappa shape index (κ3) is 2.24. The lowest BCUT2D eigenvalue weighted by atomic mass is 9.95. The van der Waals surface area contributed by atoms with Gasteiger partial charge in [-0.05, 0) is 12.6 Å². The third-order valence-electron chi connectivity index (χ3n) is 3.65. The number of benzene rings is 1. The van der Waals surface area contributed by atoms with Crippen molar-refractivity contribution in [2.24, 2.45) is 7.05 Å². The van der Waals surface area contributed by atoms with Crippen molar-refractivity contribution in [2.75, 3.05) is 6.54 Å². The highest BCUT2D eigenvalue weighted by molar-refractivity contribution is 5.38. The van der Waals surface area contributed by atoms with Crippen LogP contribution in [0.1, 0.15) is 36.7 Å². The van der Waals surface area contributed by atoms with Gasteiger partial charge in [-0.2, -0.15) is 0 Å². The summed E-state index contributed by atoms with van der Waals surface area (Å²) in [5.41, 5.74) is 2.38. The Morgan fingerprint density at radius 1 is 1.42 bits per heavy atom. The van der Waals surface area contributed by atoms with Crippen molar-refractivity contribution in [1.29, 1.82) is 0 Å². The molecular weight excluding hydrogens is 238 g/mol. The van der Waals surface area contributed by atoms with E-state index in [1.54, 1.807) is 0 Å². The summed E-state index contributed by atoms with van der Waals surface area (Å²) in [6.07, 6.45) is 4.71. The summed E-state index contributed by atoms with van der Waals surface area (Å²) in [5.74, 6) is 0.978. The van der Waals surface area contributed by atoms with Crippen molar-refractivity contribution in [3.05, 3.63) is 48.0 Å². The van der Waals surface area contributed by atoms with Gasteiger partial charge in [0, 0.05) is 25.1 Å². The predicted octanol–water partition coefficient (Wildman–Crippen LogP) is 2.59. The van der Waals surface area contributed by atoms with E-state index >= 15 is 0 Å². The maximum Gasteiger partial charge on any atom is 0.142 e. The van der Waals surface area contributed by atoms with Crippen LogP contribution in [0.4, 0.5) is 0 Å². The van der Waals surface area contributed by atoms with Gasteiger partial charge in [0.2, 0.25) is 0 Å². The third-order valence-corrected chi connectivity index (χ3v) is 3.65. The van der Waals surface area contributed by atoms with Crippen LogP contribution >= 0.6 is 0 Å². The van der Waals surface area contributed by atoms with Gasteiger partial charge in [0.25, 0.3) is 0 Å². The molecule has 100 valence electrons. The fraction of sp³-hybridized carbons (Fsp3) is 0.400. The Morgan fingerprint density at radius 3 is 3.00 bits per heavy atom. The number of hydrogen-bond donors (Lipinski definition) is 1. The maximum absolute atomic E-state index is 6.13. The summed E-state index contributed by atoms with van der Waals surface area (Å²) >= 11 is 0. The molecule has 0 spiro atoms. The van der Waals surface area contributed by atoms with Crippen LogP contribution in [0.2, 0.25) is 0 Å². The van der Waals surface area contributed by atoms with Crippen LogP contribution in [0.3, 0.4) is 0 Å². The molecule has 4 nitrogen and oxygen atoms in total. The molecule has 0 saturated heterocycles. The number of rotatable bonds is 3. The van der Waals surface area contributed by atoms with Crippen LogP contribution in [-0.4, -0.2) is 16.1 Å². The van der Waals surface area contributed by atoms with Gasteiger partial charge < -0.3 is 14.6 Å². The molecule has 1 aliphatic rings. The first-order valence-electron chi connectivity index (χ1n) is 6.74. The lowest BCUT2D eigenvalue weighted by molar-refractivity contribution is 0.145. The van der Waals surface area contributed by atoms with Crippen molar-refractivity contribution in [3.63, 3.8) is 0 Å². The molecule has 0 aliphatic carbocycles. The van der Waals surface area contributed by atoms with E-state index in [0.717, 1.165) is 24.4 Å². The Hall–Kier alpha value is -1.81. The van der Waals surface area contributed by atoms with E-state index in [-0.39, 0.29) is 6.10 Å². The second-order valence-corrected chi connectivity index (χ2v) is 4.92. The summed E-state index contributed by atoms with van der Waals surface area (Å²) in [6, 6.07) is 8.61. The molecule has 1 aromatic carbocycles. The zero-order chi connectivity index (χ0) is 13.2. The van der Waals surface area contributed by atoms with Gasteiger partial charge in [0.05, 0.1) is 18.2 Å². The van der Waals surface area contributed by atoms with Gasteiger partial charge in [-0.25, -0.2) is 4.98 Å². The number of hydrogen-bond acceptors (Lipinski definition) is 3. The molecule has 2 unspecified atom stereocenters. The van der Waals surface area contributed by atoms with Crippen molar-refractivity contribution in [3.8, 4) is 5.75 Å². The average molecular weight is 257 g/mol. The number of fused-ring (bicyclic) bond motifs is 1. The van der Waals surface area contributed by atoms with E-state index in [4.69, 9.17) is 4.74 Å². The number of imidazole rings is 1. The van der Waals surface area contributed by atoms with Crippen molar-refractivity contribution in [2.45, 2.75) is 25.5 Å². The number of para-hydroxylation sites is 1. The normalized spacial score (nSPS) is 21.8. The Balaban J connectivity index is 1.94. The van der Waals surface area contributed by atoms with E-state index in [1.165, 1.54) is 5.56 Å². The van der Waals surface area contributed by atoms with Crippen LogP contribution in [0.5, 0.6) is 5.75 Å². The zero-order valence-corrected chi connectivity index (χ0v) is 11.3. The fourth-order valence-electron chi connectivity index (χ4n) is 2.72. The lowest BCUT2D eigenvalue weighted by Crippen LogP contribution is -2.29. The quantitative estimate of drug-likeness (QED) is 0.918. The molecule has 1 aliphatic heterocycles. The molecule has 0 bridgehead atoms. The molecule has 0 saturated carbocycles. The summed E-state index contributed by atoms with van der Waals surface area (Å²) in [4.78, 5) is 4.19. The van der Waals surface area contributed by atoms with E-state index in [1.807, 2.05) is 36.3 Å². The topological polar surface area (TPSA) is 39.1 Å². The highest BCUT2D eigenvalue weighted by Gasteiger charge is 2.29. The van der Waals surface area contributed by atoms with E-state index in [9.17, 15) is 0 Å². The fourth-order valence-corrected chi connectivity index (χ4v) is 2.72. The number of nitrogens with one attached hydrogen (secondary N) is 1. The molecule has 0 fully saturated rings. The molecule has 2 atom stereocenters. The average Bonchev–Trinajstić information content (AvgIpc) is 2.85. The zero-order valence-electron chi connectivity index (χ0n) is 11.3. The van der Waals surface area contributed by atoms with Gasteiger partial charge >= 0.3 is 0 Å². The summed E-state index contributed by atoms with van der Waals surface area (Å²) < 4.78 is 8.16. The molecule has 1 aromatic heterocycles. The molecule has 3 rings (SSSR count).